The maximum Gasteiger partial charge on any atom is 0.252 e. The maximum atomic E-state index is 12.7. The van der Waals surface area contributed by atoms with Crippen molar-refractivity contribution < 1.29 is 4.79 Å². The number of rotatable bonds is 7. The van der Waals surface area contributed by atoms with Gasteiger partial charge in [0.15, 0.2) is 5.65 Å². The molecule has 0 fully saturated rings. The van der Waals surface area contributed by atoms with Gasteiger partial charge in [0.05, 0.1) is 22.8 Å². The van der Waals surface area contributed by atoms with Gasteiger partial charge >= 0.3 is 0 Å². The van der Waals surface area contributed by atoms with Gasteiger partial charge < -0.3 is 11.1 Å². The minimum absolute atomic E-state index is 0. The highest BCUT2D eigenvalue weighted by atomic mass is 35.5. The Morgan fingerprint density at radius 1 is 1.19 bits per heavy atom. The molecule has 0 unspecified atom stereocenters. The minimum Gasteiger partial charge on any atom is -0.352 e. The quantitative estimate of drug-likeness (QED) is 0.585. The van der Waals surface area contributed by atoms with Crippen LogP contribution in [0.1, 0.15) is 30.1 Å². The molecule has 3 aromatic rings. The van der Waals surface area contributed by atoms with Crippen LogP contribution < -0.4 is 11.1 Å². The first-order valence-electron chi connectivity index (χ1n) is 8.64. The average molecular weight is 410 g/mol. The van der Waals surface area contributed by atoms with Crippen LogP contribution in [-0.2, 0) is 6.54 Å². The van der Waals surface area contributed by atoms with E-state index in [0.717, 1.165) is 35.1 Å². The van der Waals surface area contributed by atoms with Crippen LogP contribution in [0.3, 0.4) is 0 Å². The second-order valence-electron chi connectivity index (χ2n) is 5.87. The molecule has 3 N–H and O–H groups in total. The molecule has 2 heterocycles. The summed E-state index contributed by atoms with van der Waals surface area (Å²) in [5, 5.41) is 8.11. The smallest absolute Gasteiger partial charge is 0.252 e. The Morgan fingerprint density at radius 3 is 2.59 bits per heavy atom. The molecule has 27 heavy (non-hydrogen) atoms. The fourth-order valence-electron chi connectivity index (χ4n) is 2.79. The van der Waals surface area contributed by atoms with Crippen LogP contribution in [0, 0.1) is 0 Å². The van der Waals surface area contributed by atoms with Gasteiger partial charge in [0, 0.05) is 18.7 Å². The van der Waals surface area contributed by atoms with Crippen LogP contribution >= 0.6 is 24.8 Å². The SMILES string of the molecule is CCn1ncc2c(C(=O)NCCCCN)cc(-c3ccccc3)nc21.Cl.Cl. The lowest BCUT2D eigenvalue weighted by Gasteiger charge is -2.09. The summed E-state index contributed by atoms with van der Waals surface area (Å²) in [4.78, 5) is 17.4. The van der Waals surface area contributed by atoms with Crippen molar-refractivity contribution in [3.8, 4) is 11.3 Å². The van der Waals surface area contributed by atoms with Crippen molar-refractivity contribution >= 4 is 41.8 Å². The monoisotopic (exact) mass is 409 g/mol. The third-order valence-corrected chi connectivity index (χ3v) is 4.14. The largest absolute Gasteiger partial charge is 0.352 e. The van der Waals surface area contributed by atoms with Gasteiger partial charge in [-0.15, -0.1) is 24.8 Å². The molecule has 1 aromatic carbocycles. The lowest BCUT2D eigenvalue weighted by molar-refractivity contribution is 0.0954. The fraction of sp³-hybridized carbons (Fsp3) is 0.316. The number of nitrogens with two attached hydrogens (primary N) is 1. The molecule has 0 spiro atoms. The first kappa shape index (κ1) is 22.9. The van der Waals surface area contributed by atoms with Gasteiger partial charge in [-0.2, -0.15) is 5.10 Å². The van der Waals surface area contributed by atoms with Crippen molar-refractivity contribution in [1.29, 1.82) is 0 Å². The van der Waals surface area contributed by atoms with Gasteiger partial charge in [-0.25, -0.2) is 9.67 Å². The van der Waals surface area contributed by atoms with Crippen molar-refractivity contribution in [2.24, 2.45) is 5.73 Å². The first-order chi connectivity index (χ1) is 12.2. The zero-order valence-corrected chi connectivity index (χ0v) is 16.9. The molecule has 0 aliphatic carbocycles. The Morgan fingerprint density at radius 2 is 1.93 bits per heavy atom. The number of carbonyl (C=O) groups excluding carboxylic acids is 1. The topological polar surface area (TPSA) is 85.8 Å². The van der Waals surface area contributed by atoms with Crippen molar-refractivity contribution in [3.05, 3.63) is 48.2 Å². The highest BCUT2D eigenvalue weighted by Crippen LogP contribution is 2.24. The van der Waals surface area contributed by atoms with Crippen LogP contribution in [0.15, 0.2) is 42.6 Å². The summed E-state index contributed by atoms with van der Waals surface area (Å²) < 4.78 is 1.81. The number of aryl methyl sites for hydroxylation is 1. The summed E-state index contributed by atoms with van der Waals surface area (Å²) >= 11 is 0. The van der Waals surface area contributed by atoms with E-state index in [0.29, 0.717) is 25.2 Å². The Hall–Kier alpha value is -2.15. The summed E-state index contributed by atoms with van der Waals surface area (Å²) in [6, 6.07) is 11.7. The molecule has 2 aromatic heterocycles. The fourth-order valence-corrected chi connectivity index (χ4v) is 2.79. The molecule has 6 nitrogen and oxygen atoms in total. The van der Waals surface area contributed by atoms with Crippen molar-refractivity contribution in [3.63, 3.8) is 0 Å². The molecule has 0 atom stereocenters. The standard InChI is InChI=1S/C19H23N5O.2ClH/c1-2-24-18-16(13-22-24)15(19(25)21-11-7-6-10-20)12-17(23-18)14-8-4-3-5-9-14;;/h3-5,8-9,12-13H,2,6-7,10-11,20H2,1H3,(H,21,25);2*1H. The third-order valence-electron chi connectivity index (χ3n) is 4.14. The van der Waals surface area contributed by atoms with Crippen LogP contribution in [-0.4, -0.2) is 33.8 Å². The lowest BCUT2D eigenvalue weighted by Crippen LogP contribution is -2.25. The maximum absolute atomic E-state index is 12.7. The van der Waals surface area contributed by atoms with Gasteiger partial charge in [-0.1, -0.05) is 30.3 Å². The molecule has 0 bridgehead atoms. The Bertz CT molecular complexity index is 867. The molecular weight excluding hydrogens is 385 g/mol. The average Bonchev–Trinajstić information content (AvgIpc) is 3.08. The molecule has 146 valence electrons. The van der Waals surface area contributed by atoms with Crippen molar-refractivity contribution in [1.82, 2.24) is 20.1 Å². The number of fused-ring (bicyclic) bond motifs is 1. The Labute approximate surface area is 171 Å². The molecule has 0 aliphatic heterocycles. The molecule has 0 saturated carbocycles. The molecule has 8 heteroatoms. The van der Waals surface area contributed by atoms with E-state index in [4.69, 9.17) is 10.7 Å². The van der Waals surface area contributed by atoms with E-state index in [1.807, 2.05) is 48.0 Å². The molecule has 0 saturated heterocycles. The van der Waals surface area contributed by atoms with E-state index in [1.165, 1.54) is 0 Å². The molecule has 0 aliphatic rings. The molecule has 3 rings (SSSR count). The summed E-state index contributed by atoms with van der Waals surface area (Å²) in [5.41, 5.74) is 8.59. The molecule has 1 amide bonds. The number of pyridine rings is 1. The summed E-state index contributed by atoms with van der Waals surface area (Å²) in [6.07, 6.45) is 3.49. The first-order valence-corrected chi connectivity index (χ1v) is 8.64. The number of hydrogen-bond acceptors (Lipinski definition) is 4. The van der Waals surface area contributed by atoms with Gasteiger partial charge in [0.1, 0.15) is 0 Å². The van der Waals surface area contributed by atoms with E-state index in [9.17, 15) is 4.79 Å². The van der Waals surface area contributed by atoms with Gasteiger partial charge in [-0.05, 0) is 32.4 Å². The zero-order valence-electron chi connectivity index (χ0n) is 15.2. The second kappa shape index (κ2) is 10.9. The summed E-state index contributed by atoms with van der Waals surface area (Å²) in [7, 11) is 0. The van der Waals surface area contributed by atoms with Crippen LogP contribution in [0.25, 0.3) is 22.3 Å². The highest BCUT2D eigenvalue weighted by molar-refractivity contribution is 6.06. The van der Waals surface area contributed by atoms with Crippen LogP contribution in [0.5, 0.6) is 0 Å². The van der Waals surface area contributed by atoms with Gasteiger partial charge in [0.2, 0.25) is 0 Å². The van der Waals surface area contributed by atoms with Crippen molar-refractivity contribution in [2.45, 2.75) is 26.3 Å². The number of nitrogens with zero attached hydrogens (tertiary/aromatic N) is 3. The third kappa shape index (κ3) is 5.19. The van der Waals surface area contributed by atoms with E-state index in [2.05, 4.69) is 10.4 Å². The Kier molecular flexibility index (Phi) is 9.21. The van der Waals surface area contributed by atoms with E-state index in [-0.39, 0.29) is 30.7 Å². The number of halogens is 2. The Balaban J connectivity index is 0.00000182. The number of amides is 1. The van der Waals surface area contributed by atoms with Gasteiger partial charge in [0.25, 0.3) is 5.91 Å². The summed E-state index contributed by atoms with van der Waals surface area (Å²) in [5.74, 6) is -0.0998. The number of carbonyl (C=O) groups is 1. The number of aromatic nitrogens is 3. The zero-order chi connectivity index (χ0) is 17.6. The van der Waals surface area contributed by atoms with Crippen LogP contribution in [0.4, 0.5) is 0 Å². The summed E-state index contributed by atoms with van der Waals surface area (Å²) in [6.45, 7) is 3.96. The highest BCUT2D eigenvalue weighted by Gasteiger charge is 2.16. The molecule has 0 radical (unpaired) electrons. The van der Waals surface area contributed by atoms with Crippen LogP contribution in [0.2, 0.25) is 0 Å². The van der Waals surface area contributed by atoms with E-state index < -0.39 is 0 Å². The number of hydrogen-bond donors (Lipinski definition) is 2. The van der Waals surface area contributed by atoms with Crippen molar-refractivity contribution in [2.75, 3.05) is 13.1 Å². The number of nitrogens with one attached hydrogen (secondary N) is 1. The number of benzene rings is 1. The van der Waals surface area contributed by atoms with Gasteiger partial charge in [-0.3, -0.25) is 4.79 Å². The van der Waals surface area contributed by atoms with E-state index >= 15 is 0 Å². The predicted molar refractivity (Wildman–Crippen MR) is 114 cm³/mol. The lowest BCUT2D eigenvalue weighted by atomic mass is 10.1. The predicted octanol–water partition coefficient (Wildman–Crippen LogP) is 3.43. The number of unbranched alkanes of at least 4 members (excludes halogenated alkanes) is 1. The van der Waals surface area contributed by atoms with E-state index in [1.54, 1.807) is 6.20 Å². The normalized spacial score (nSPS) is 10.1. The second-order valence-corrected chi connectivity index (χ2v) is 5.87. The molecular formula is C19H25Cl2N5O. The minimum atomic E-state index is -0.0998.